The summed E-state index contributed by atoms with van der Waals surface area (Å²) in [5, 5.41) is 0. The summed E-state index contributed by atoms with van der Waals surface area (Å²) in [4.78, 5) is 3.83. The molecule has 0 bridgehead atoms. The van der Waals surface area contributed by atoms with Gasteiger partial charge in [0.15, 0.2) is 5.82 Å². The lowest BCUT2D eigenvalue weighted by Crippen LogP contribution is -2.13. The molecule has 0 spiro atoms. The van der Waals surface area contributed by atoms with Gasteiger partial charge in [-0.2, -0.15) is 8.78 Å². The van der Waals surface area contributed by atoms with Gasteiger partial charge in [-0.25, -0.2) is 15.2 Å². The largest absolute Gasteiger partial charge is 0.486 e. The molecular formula is C13H14F3N5O2. The maximum absolute atomic E-state index is 13.7. The minimum absolute atomic E-state index is 0.000177. The SMILES string of the molecule is NNc1nc(N)cc(OCc2cc(OC(F)F)ccc2F)c1N. The Morgan fingerprint density at radius 3 is 2.61 bits per heavy atom. The first-order valence-electron chi connectivity index (χ1n) is 6.29. The molecule has 0 amide bonds. The van der Waals surface area contributed by atoms with E-state index in [1.165, 1.54) is 6.07 Å². The zero-order chi connectivity index (χ0) is 17.0. The molecule has 1 aromatic carbocycles. The highest BCUT2D eigenvalue weighted by Gasteiger charge is 2.12. The molecule has 0 radical (unpaired) electrons. The molecule has 0 fully saturated rings. The van der Waals surface area contributed by atoms with Crippen LogP contribution in [-0.2, 0) is 6.61 Å². The number of nitrogens with two attached hydrogens (primary N) is 3. The van der Waals surface area contributed by atoms with Crippen molar-refractivity contribution in [2.75, 3.05) is 16.9 Å². The minimum Gasteiger partial charge on any atom is -0.486 e. The highest BCUT2D eigenvalue weighted by atomic mass is 19.3. The molecule has 2 rings (SSSR count). The molecular weight excluding hydrogens is 315 g/mol. The van der Waals surface area contributed by atoms with Gasteiger partial charge in [0.25, 0.3) is 0 Å². The van der Waals surface area contributed by atoms with Gasteiger partial charge in [0.05, 0.1) is 0 Å². The predicted octanol–water partition coefficient (Wildman–Crippen LogP) is 1.85. The van der Waals surface area contributed by atoms with Gasteiger partial charge in [-0.1, -0.05) is 0 Å². The Morgan fingerprint density at radius 1 is 1.22 bits per heavy atom. The molecule has 23 heavy (non-hydrogen) atoms. The summed E-state index contributed by atoms with van der Waals surface area (Å²) in [6.45, 7) is -3.30. The number of nitrogens with zero attached hydrogens (tertiary/aromatic N) is 1. The van der Waals surface area contributed by atoms with Crippen molar-refractivity contribution < 1.29 is 22.6 Å². The van der Waals surface area contributed by atoms with E-state index in [1.54, 1.807) is 0 Å². The smallest absolute Gasteiger partial charge is 0.387 e. The van der Waals surface area contributed by atoms with E-state index in [0.717, 1.165) is 18.2 Å². The van der Waals surface area contributed by atoms with Gasteiger partial charge in [-0.3, -0.25) is 0 Å². The van der Waals surface area contributed by atoms with E-state index in [9.17, 15) is 13.2 Å². The zero-order valence-corrected chi connectivity index (χ0v) is 11.7. The van der Waals surface area contributed by atoms with E-state index < -0.39 is 12.4 Å². The van der Waals surface area contributed by atoms with Crippen molar-refractivity contribution in [3.05, 3.63) is 35.6 Å². The fourth-order valence-electron chi connectivity index (χ4n) is 1.77. The molecule has 0 aliphatic heterocycles. The second-order valence-corrected chi connectivity index (χ2v) is 4.37. The van der Waals surface area contributed by atoms with Gasteiger partial charge in [-0.05, 0) is 18.2 Å². The Morgan fingerprint density at radius 2 is 1.96 bits per heavy atom. The van der Waals surface area contributed by atoms with Gasteiger partial charge in [0.1, 0.15) is 35.4 Å². The number of anilines is 3. The first kappa shape index (κ1) is 16.5. The highest BCUT2D eigenvalue weighted by Crippen LogP contribution is 2.30. The number of rotatable bonds is 6. The second kappa shape index (κ2) is 6.92. The predicted molar refractivity (Wildman–Crippen MR) is 78.2 cm³/mol. The second-order valence-electron chi connectivity index (χ2n) is 4.37. The molecule has 1 aromatic heterocycles. The summed E-state index contributed by atoms with van der Waals surface area (Å²) in [7, 11) is 0. The quantitative estimate of drug-likeness (QED) is 0.471. The maximum Gasteiger partial charge on any atom is 0.387 e. The summed E-state index contributed by atoms with van der Waals surface area (Å²) in [6.07, 6.45) is 0. The Bertz CT molecular complexity index is 700. The average molecular weight is 329 g/mol. The summed E-state index contributed by atoms with van der Waals surface area (Å²) >= 11 is 0. The average Bonchev–Trinajstić information content (AvgIpc) is 2.49. The van der Waals surface area contributed by atoms with E-state index in [1.807, 2.05) is 0 Å². The number of nitrogens with one attached hydrogen (secondary N) is 1. The van der Waals surface area contributed by atoms with Gasteiger partial charge >= 0.3 is 6.61 Å². The van der Waals surface area contributed by atoms with Crippen LogP contribution >= 0.6 is 0 Å². The highest BCUT2D eigenvalue weighted by molar-refractivity contribution is 5.71. The number of halogens is 3. The van der Waals surface area contributed by atoms with Gasteiger partial charge in [-0.15, -0.1) is 0 Å². The van der Waals surface area contributed by atoms with Crippen molar-refractivity contribution in [3.8, 4) is 11.5 Å². The van der Waals surface area contributed by atoms with Crippen LogP contribution in [0.2, 0.25) is 0 Å². The number of ether oxygens (including phenoxy) is 2. The number of hydrazine groups is 1. The van der Waals surface area contributed by atoms with E-state index >= 15 is 0 Å². The topological polar surface area (TPSA) is 121 Å². The Hall–Kier alpha value is -2.88. The summed E-state index contributed by atoms with van der Waals surface area (Å²) in [5.74, 6) is 4.69. The number of nitrogen functional groups attached to an aromatic ring is 3. The molecule has 0 unspecified atom stereocenters. The van der Waals surface area contributed by atoms with Gasteiger partial charge < -0.3 is 26.4 Å². The Balaban J connectivity index is 2.19. The van der Waals surface area contributed by atoms with E-state index in [-0.39, 0.29) is 41.0 Å². The van der Waals surface area contributed by atoms with Gasteiger partial charge in [0.2, 0.25) is 0 Å². The summed E-state index contributed by atoms with van der Waals surface area (Å²) in [6, 6.07) is 4.51. The molecule has 2 aromatic rings. The van der Waals surface area contributed by atoms with Crippen LogP contribution in [0.3, 0.4) is 0 Å². The molecule has 0 aliphatic rings. The van der Waals surface area contributed by atoms with Crippen LogP contribution in [0.5, 0.6) is 11.5 Å². The van der Waals surface area contributed by atoms with Crippen molar-refractivity contribution in [3.63, 3.8) is 0 Å². The lowest BCUT2D eigenvalue weighted by molar-refractivity contribution is -0.0499. The van der Waals surface area contributed by atoms with Crippen molar-refractivity contribution in [2.45, 2.75) is 13.2 Å². The minimum atomic E-state index is -3.01. The van der Waals surface area contributed by atoms with Crippen molar-refractivity contribution in [2.24, 2.45) is 5.84 Å². The molecule has 1 heterocycles. The Kier molecular flexibility index (Phi) is 4.96. The van der Waals surface area contributed by atoms with Crippen LogP contribution < -0.4 is 32.2 Å². The molecule has 7 N–H and O–H groups in total. The summed E-state index contributed by atoms with van der Waals surface area (Å²) < 4.78 is 47.6. The van der Waals surface area contributed by atoms with Gasteiger partial charge in [0, 0.05) is 11.6 Å². The molecule has 7 nitrogen and oxygen atoms in total. The maximum atomic E-state index is 13.7. The number of benzene rings is 1. The first-order chi connectivity index (χ1) is 10.9. The molecule has 124 valence electrons. The number of alkyl halides is 2. The first-order valence-corrected chi connectivity index (χ1v) is 6.29. The molecule has 0 saturated carbocycles. The lowest BCUT2D eigenvalue weighted by Gasteiger charge is -2.13. The fourth-order valence-corrected chi connectivity index (χ4v) is 1.77. The molecule has 0 aliphatic carbocycles. The number of hydrogen-bond donors (Lipinski definition) is 4. The third-order valence-electron chi connectivity index (χ3n) is 2.80. The van der Waals surface area contributed by atoms with E-state index in [2.05, 4.69) is 15.1 Å². The van der Waals surface area contributed by atoms with Crippen molar-refractivity contribution in [1.82, 2.24) is 4.98 Å². The normalized spacial score (nSPS) is 10.7. The fraction of sp³-hybridized carbons (Fsp3) is 0.154. The zero-order valence-electron chi connectivity index (χ0n) is 11.7. The van der Waals surface area contributed by atoms with E-state index in [0.29, 0.717) is 0 Å². The molecule has 0 saturated heterocycles. The van der Waals surface area contributed by atoms with Crippen LogP contribution in [0.15, 0.2) is 24.3 Å². The van der Waals surface area contributed by atoms with Crippen molar-refractivity contribution in [1.29, 1.82) is 0 Å². The third kappa shape index (κ3) is 4.07. The van der Waals surface area contributed by atoms with E-state index in [4.69, 9.17) is 22.0 Å². The third-order valence-corrected chi connectivity index (χ3v) is 2.80. The van der Waals surface area contributed by atoms with Crippen LogP contribution in [0, 0.1) is 5.82 Å². The van der Waals surface area contributed by atoms with Crippen LogP contribution in [0.4, 0.5) is 30.5 Å². The molecule has 0 atom stereocenters. The molecule has 10 heteroatoms. The van der Waals surface area contributed by atoms with Crippen LogP contribution in [0.25, 0.3) is 0 Å². The standard InChI is InChI=1S/C13H14F3N5O2/c14-8-2-1-7(23-13(15)16)3-6(8)5-22-9-4-10(17)20-12(21-19)11(9)18/h1-4,13H,5,18-19H2,(H3,17,20,21). The lowest BCUT2D eigenvalue weighted by atomic mass is 10.2. The Labute approximate surface area is 129 Å². The van der Waals surface area contributed by atoms with Crippen molar-refractivity contribution >= 4 is 17.3 Å². The summed E-state index contributed by atoms with van der Waals surface area (Å²) in [5.41, 5.74) is 13.6. The number of aromatic nitrogens is 1. The number of hydrogen-bond acceptors (Lipinski definition) is 7. The monoisotopic (exact) mass is 329 g/mol. The number of pyridine rings is 1. The van der Waals surface area contributed by atoms with Crippen LogP contribution in [-0.4, -0.2) is 11.6 Å². The van der Waals surface area contributed by atoms with Crippen LogP contribution in [0.1, 0.15) is 5.56 Å².